The molecule has 0 atom stereocenters. The van der Waals surface area contributed by atoms with Gasteiger partial charge >= 0.3 is 0 Å². The molecule has 0 saturated heterocycles. The summed E-state index contributed by atoms with van der Waals surface area (Å²) < 4.78 is 28.2. The molecule has 0 aliphatic rings. The maximum atomic E-state index is 12.5. The van der Waals surface area contributed by atoms with Crippen molar-refractivity contribution < 1.29 is 13.2 Å². The standard InChI is InChI=1S/C19H20ClN3O3S/c1-3-23-11-10-14-12-16(6-9-18(14)23)21-19(24)13-22(2)27(25,26)17-7-4-15(20)5-8-17/h4-12H,3,13H2,1-2H3,(H,21,24). The van der Waals surface area contributed by atoms with Gasteiger partial charge in [0.05, 0.1) is 11.4 Å². The monoisotopic (exact) mass is 405 g/mol. The third-order valence-corrected chi connectivity index (χ3v) is 6.35. The first-order valence-corrected chi connectivity index (χ1v) is 10.2. The van der Waals surface area contributed by atoms with Crippen LogP contribution >= 0.6 is 11.6 Å². The topological polar surface area (TPSA) is 71.4 Å². The van der Waals surface area contributed by atoms with Gasteiger partial charge in [0, 0.05) is 41.4 Å². The Bertz CT molecular complexity index is 1080. The first kappa shape index (κ1) is 19.4. The summed E-state index contributed by atoms with van der Waals surface area (Å²) in [7, 11) is -2.40. The Hall–Kier alpha value is -2.35. The average molecular weight is 406 g/mol. The number of anilines is 1. The number of nitrogens with one attached hydrogen (secondary N) is 1. The van der Waals surface area contributed by atoms with Crippen molar-refractivity contribution >= 4 is 44.1 Å². The van der Waals surface area contributed by atoms with E-state index in [-0.39, 0.29) is 11.4 Å². The molecule has 6 nitrogen and oxygen atoms in total. The van der Waals surface area contributed by atoms with Crippen molar-refractivity contribution in [2.75, 3.05) is 18.9 Å². The maximum Gasteiger partial charge on any atom is 0.243 e. The molecule has 8 heteroatoms. The van der Waals surface area contributed by atoms with Gasteiger partial charge in [-0.3, -0.25) is 4.79 Å². The van der Waals surface area contributed by atoms with Gasteiger partial charge in [-0.15, -0.1) is 0 Å². The van der Waals surface area contributed by atoms with Crippen molar-refractivity contribution in [3.63, 3.8) is 0 Å². The van der Waals surface area contributed by atoms with Gasteiger partial charge in [0.1, 0.15) is 0 Å². The van der Waals surface area contributed by atoms with Crippen LogP contribution in [-0.4, -0.2) is 36.8 Å². The van der Waals surface area contributed by atoms with E-state index in [1.165, 1.54) is 31.3 Å². The second kappa shape index (κ2) is 7.72. The van der Waals surface area contributed by atoms with Crippen molar-refractivity contribution in [1.82, 2.24) is 8.87 Å². The summed E-state index contributed by atoms with van der Waals surface area (Å²) in [6.07, 6.45) is 1.99. The number of hydrogen-bond donors (Lipinski definition) is 1. The Morgan fingerprint density at radius 3 is 2.52 bits per heavy atom. The number of likely N-dealkylation sites (N-methyl/N-ethyl adjacent to an activating group) is 1. The number of amides is 1. The highest BCUT2D eigenvalue weighted by molar-refractivity contribution is 7.89. The summed E-state index contributed by atoms with van der Waals surface area (Å²) in [5.74, 6) is -0.413. The van der Waals surface area contributed by atoms with Gasteiger partial charge in [0.25, 0.3) is 0 Å². The Labute approximate surface area is 163 Å². The molecule has 142 valence electrons. The quantitative estimate of drug-likeness (QED) is 0.681. The van der Waals surface area contributed by atoms with Crippen LogP contribution in [0.3, 0.4) is 0 Å². The van der Waals surface area contributed by atoms with Gasteiger partial charge in [-0.05, 0) is 55.5 Å². The number of nitrogens with zero attached hydrogens (tertiary/aromatic N) is 2. The lowest BCUT2D eigenvalue weighted by Gasteiger charge is -2.17. The molecule has 0 aliphatic heterocycles. The number of aryl methyl sites for hydroxylation is 1. The molecule has 0 bridgehead atoms. The maximum absolute atomic E-state index is 12.5. The van der Waals surface area contributed by atoms with Crippen LogP contribution in [0.1, 0.15) is 6.92 Å². The number of hydrogen-bond acceptors (Lipinski definition) is 3. The molecule has 0 fully saturated rings. The summed E-state index contributed by atoms with van der Waals surface area (Å²) in [6, 6.07) is 13.4. The van der Waals surface area contributed by atoms with E-state index in [1.54, 1.807) is 6.07 Å². The number of halogens is 1. The number of aromatic nitrogens is 1. The predicted octanol–water partition coefficient (Wildman–Crippen LogP) is 3.57. The summed E-state index contributed by atoms with van der Waals surface area (Å²) in [4.78, 5) is 12.4. The number of fused-ring (bicyclic) bond motifs is 1. The SMILES string of the molecule is CCn1ccc2cc(NC(=O)CN(C)S(=O)(=O)c3ccc(Cl)cc3)ccc21. The van der Waals surface area contributed by atoms with Gasteiger partial charge in [0.2, 0.25) is 15.9 Å². The molecule has 1 aromatic heterocycles. The molecule has 3 aromatic rings. The van der Waals surface area contributed by atoms with E-state index in [0.29, 0.717) is 10.7 Å². The summed E-state index contributed by atoms with van der Waals surface area (Å²) in [6.45, 7) is 2.63. The molecule has 0 aliphatic carbocycles. The fourth-order valence-corrected chi connectivity index (χ4v) is 4.08. The van der Waals surface area contributed by atoms with E-state index < -0.39 is 15.9 Å². The van der Waals surface area contributed by atoms with Crippen LogP contribution in [0.5, 0.6) is 0 Å². The van der Waals surface area contributed by atoms with E-state index in [9.17, 15) is 13.2 Å². The van der Waals surface area contributed by atoms with Crippen LogP contribution in [0.15, 0.2) is 59.6 Å². The van der Waals surface area contributed by atoms with Crippen LogP contribution in [0.25, 0.3) is 10.9 Å². The van der Waals surface area contributed by atoms with E-state index in [4.69, 9.17) is 11.6 Å². The molecule has 0 saturated carbocycles. The Morgan fingerprint density at radius 2 is 1.85 bits per heavy atom. The Kier molecular flexibility index (Phi) is 5.55. The molecule has 1 amide bonds. The summed E-state index contributed by atoms with van der Waals surface area (Å²) >= 11 is 5.79. The molecule has 0 spiro atoms. The lowest BCUT2D eigenvalue weighted by molar-refractivity contribution is -0.116. The molecule has 2 aromatic carbocycles. The molecule has 1 heterocycles. The number of carbonyl (C=O) groups is 1. The van der Waals surface area contributed by atoms with Crippen molar-refractivity contribution in [3.8, 4) is 0 Å². The first-order chi connectivity index (χ1) is 12.8. The van der Waals surface area contributed by atoms with Crippen LogP contribution in [0, 0.1) is 0 Å². The molecule has 27 heavy (non-hydrogen) atoms. The number of sulfonamides is 1. The van der Waals surface area contributed by atoms with Gasteiger partial charge < -0.3 is 9.88 Å². The fraction of sp³-hybridized carbons (Fsp3) is 0.211. The third kappa shape index (κ3) is 4.16. The predicted molar refractivity (Wildman–Crippen MR) is 108 cm³/mol. The summed E-state index contributed by atoms with van der Waals surface area (Å²) in [5, 5.41) is 4.21. The molecule has 0 unspecified atom stereocenters. The highest BCUT2D eigenvalue weighted by Crippen LogP contribution is 2.21. The van der Waals surface area contributed by atoms with Crippen molar-refractivity contribution in [3.05, 3.63) is 59.8 Å². The van der Waals surface area contributed by atoms with Crippen LogP contribution < -0.4 is 5.32 Å². The fourth-order valence-electron chi connectivity index (χ4n) is 2.83. The van der Waals surface area contributed by atoms with Gasteiger partial charge in [0.15, 0.2) is 0 Å². The van der Waals surface area contributed by atoms with Gasteiger partial charge in [-0.25, -0.2) is 8.42 Å². The molecule has 0 radical (unpaired) electrons. The number of carbonyl (C=O) groups excluding carboxylic acids is 1. The van der Waals surface area contributed by atoms with Crippen LogP contribution in [-0.2, 0) is 21.4 Å². The molecular weight excluding hydrogens is 386 g/mol. The zero-order valence-corrected chi connectivity index (χ0v) is 16.6. The van der Waals surface area contributed by atoms with E-state index in [2.05, 4.69) is 16.8 Å². The Balaban J connectivity index is 1.70. The van der Waals surface area contributed by atoms with Gasteiger partial charge in [-0.2, -0.15) is 4.31 Å². The smallest absolute Gasteiger partial charge is 0.243 e. The number of benzene rings is 2. The minimum atomic E-state index is -3.77. The van der Waals surface area contributed by atoms with Gasteiger partial charge in [-0.1, -0.05) is 11.6 Å². The minimum absolute atomic E-state index is 0.0875. The highest BCUT2D eigenvalue weighted by Gasteiger charge is 2.23. The normalized spacial score (nSPS) is 11.9. The summed E-state index contributed by atoms with van der Waals surface area (Å²) in [5.41, 5.74) is 1.71. The second-order valence-corrected chi connectivity index (χ2v) is 8.62. The zero-order valence-electron chi connectivity index (χ0n) is 15.0. The lowest BCUT2D eigenvalue weighted by Crippen LogP contribution is -2.34. The average Bonchev–Trinajstić information content (AvgIpc) is 3.04. The molecular formula is C19H20ClN3O3S. The Morgan fingerprint density at radius 1 is 1.15 bits per heavy atom. The van der Waals surface area contributed by atoms with Crippen LogP contribution in [0.2, 0.25) is 5.02 Å². The van der Waals surface area contributed by atoms with Crippen molar-refractivity contribution in [1.29, 1.82) is 0 Å². The van der Waals surface area contributed by atoms with Crippen molar-refractivity contribution in [2.45, 2.75) is 18.4 Å². The zero-order chi connectivity index (χ0) is 19.6. The van der Waals surface area contributed by atoms with E-state index in [0.717, 1.165) is 21.8 Å². The second-order valence-electron chi connectivity index (χ2n) is 6.14. The van der Waals surface area contributed by atoms with E-state index in [1.807, 2.05) is 24.4 Å². The van der Waals surface area contributed by atoms with Crippen LogP contribution in [0.4, 0.5) is 5.69 Å². The minimum Gasteiger partial charge on any atom is -0.348 e. The number of rotatable bonds is 6. The first-order valence-electron chi connectivity index (χ1n) is 8.42. The third-order valence-electron chi connectivity index (χ3n) is 4.28. The lowest BCUT2D eigenvalue weighted by atomic mass is 10.2. The van der Waals surface area contributed by atoms with E-state index >= 15 is 0 Å². The highest BCUT2D eigenvalue weighted by atomic mass is 35.5. The molecule has 3 rings (SSSR count). The van der Waals surface area contributed by atoms with Crippen molar-refractivity contribution in [2.24, 2.45) is 0 Å². The molecule has 1 N–H and O–H groups in total. The largest absolute Gasteiger partial charge is 0.348 e.